The monoisotopic (exact) mass is 454 g/mol. The zero-order valence-electron chi connectivity index (χ0n) is 17.8. The first-order chi connectivity index (χ1) is 15.5. The molecule has 0 aliphatic carbocycles. The SMILES string of the molecule is COc1cc(-c2cn(C(C)n3ccc(Cl)cc3=O)nn2)c2cnn(C3CCCCO3)c2c1. The molecule has 0 spiro atoms. The Bertz CT molecular complexity index is 1320. The van der Waals surface area contributed by atoms with Gasteiger partial charge >= 0.3 is 0 Å². The molecule has 1 fully saturated rings. The van der Waals surface area contributed by atoms with Crippen LogP contribution >= 0.6 is 11.6 Å². The second kappa shape index (κ2) is 8.40. The third-order valence-corrected chi connectivity index (χ3v) is 6.07. The first kappa shape index (κ1) is 20.7. The van der Waals surface area contributed by atoms with E-state index in [0.717, 1.165) is 42.3 Å². The fourth-order valence-corrected chi connectivity index (χ4v) is 4.23. The highest BCUT2D eigenvalue weighted by Gasteiger charge is 2.22. The zero-order chi connectivity index (χ0) is 22.2. The van der Waals surface area contributed by atoms with Crippen LogP contribution in [-0.4, -0.2) is 43.1 Å². The van der Waals surface area contributed by atoms with Crippen LogP contribution < -0.4 is 10.3 Å². The highest BCUT2D eigenvalue weighted by atomic mass is 35.5. The Morgan fingerprint density at radius 2 is 2.16 bits per heavy atom. The number of halogens is 1. The van der Waals surface area contributed by atoms with Crippen molar-refractivity contribution in [1.82, 2.24) is 29.3 Å². The van der Waals surface area contributed by atoms with Gasteiger partial charge in [-0.05, 0) is 38.3 Å². The van der Waals surface area contributed by atoms with Crippen LogP contribution in [0.4, 0.5) is 0 Å². The van der Waals surface area contributed by atoms with E-state index in [9.17, 15) is 4.79 Å². The van der Waals surface area contributed by atoms with Crippen molar-refractivity contribution in [3.05, 3.63) is 58.2 Å². The second-order valence-electron chi connectivity index (χ2n) is 7.82. The highest BCUT2D eigenvalue weighted by Crippen LogP contribution is 2.35. The molecule has 4 heterocycles. The van der Waals surface area contributed by atoms with E-state index in [1.165, 1.54) is 6.07 Å². The van der Waals surface area contributed by atoms with E-state index in [1.807, 2.05) is 36.1 Å². The summed E-state index contributed by atoms with van der Waals surface area (Å²) < 4.78 is 16.6. The molecule has 9 nitrogen and oxygen atoms in total. The largest absolute Gasteiger partial charge is 0.497 e. The number of pyridine rings is 1. The number of fused-ring (bicyclic) bond motifs is 1. The summed E-state index contributed by atoms with van der Waals surface area (Å²) in [6.45, 7) is 2.60. The summed E-state index contributed by atoms with van der Waals surface area (Å²) in [5.74, 6) is 0.696. The third-order valence-electron chi connectivity index (χ3n) is 5.84. The van der Waals surface area contributed by atoms with Crippen LogP contribution in [0.1, 0.15) is 38.6 Å². The van der Waals surface area contributed by atoms with Crippen LogP contribution in [0.2, 0.25) is 5.02 Å². The van der Waals surface area contributed by atoms with Gasteiger partial charge in [-0.3, -0.25) is 9.36 Å². The van der Waals surface area contributed by atoms with Crippen LogP contribution in [-0.2, 0) is 4.74 Å². The van der Waals surface area contributed by atoms with Gasteiger partial charge in [-0.25, -0.2) is 9.36 Å². The summed E-state index contributed by atoms with van der Waals surface area (Å²) in [6, 6.07) is 6.93. The van der Waals surface area contributed by atoms with Crippen molar-refractivity contribution < 1.29 is 9.47 Å². The summed E-state index contributed by atoms with van der Waals surface area (Å²) in [5.41, 5.74) is 2.22. The maximum absolute atomic E-state index is 12.3. The number of ether oxygens (including phenoxy) is 2. The molecule has 1 aromatic carbocycles. The zero-order valence-corrected chi connectivity index (χ0v) is 18.6. The van der Waals surface area contributed by atoms with Gasteiger partial charge in [-0.1, -0.05) is 16.8 Å². The predicted octanol–water partition coefficient (Wildman–Crippen LogP) is 3.88. The average molecular weight is 455 g/mol. The van der Waals surface area contributed by atoms with Crippen LogP contribution in [0.3, 0.4) is 0 Å². The Balaban J connectivity index is 1.55. The van der Waals surface area contributed by atoms with Crippen molar-refractivity contribution in [1.29, 1.82) is 0 Å². The average Bonchev–Trinajstić information content (AvgIpc) is 3.46. The van der Waals surface area contributed by atoms with Crippen molar-refractivity contribution in [3.8, 4) is 17.0 Å². The number of hydrogen-bond donors (Lipinski definition) is 0. The summed E-state index contributed by atoms with van der Waals surface area (Å²) >= 11 is 5.92. The van der Waals surface area contributed by atoms with E-state index < -0.39 is 0 Å². The fraction of sp³-hybridized carbons (Fsp3) is 0.364. The standard InChI is InChI=1S/C22H23ClN6O3/c1-14(27-7-6-15(23)9-21(27)30)28-13-19(25-26-28)17-10-16(31-2)11-20-18(17)12-24-29(20)22-5-3-4-8-32-22/h6-7,9-14,22H,3-5,8H2,1-2H3. The Kier molecular flexibility index (Phi) is 5.44. The maximum Gasteiger partial charge on any atom is 0.253 e. The van der Waals surface area contributed by atoms with E-state index in [4.69, 9.17) is 21.1 Å². The molecule has 0 bridgehead atoms. The van der Waals surface area contributed by atoms with E-state index in [-0.39, 0.29) is 18.0 Å². The second-order valence-corrected chi connectivity index (χ2v) is 8.26. The van der Waals surface area contributed by atoms with Crippen LogP contribution in [0.15, 0.2) is 47.7 Å². The molecule has 0 amide bonds. The molecule has 3 aromatic heterocycles. The molecular weight excluding hydrogens is 432 g/mol. The van der Waals surface area contributed by atoms with Gasteiger partial charge in [-0.2, -0.15) is 5.10 Å². The molecule has 166 valence electrons. The number of methoxy groups -OCH3 is 1. The predicted molar refractivity (Wildman–Crippen MR) is 120 cm³/mol. The third kappa shape index (κ3) is 3.67. The van der Waals surface area contributed by atoms with E-state index in [2.05, 4.69) is 15.4 Å². The minimum Gasteiger partial charge on any atom is -0.497 e. The molecule has 1 aliphatic rings. The Morgan fingerprint density at radius 3 is 2.91 bits per heavy atom. The normalized spacial score (nSPS) is 17.5. The lowest BCUT2D eigenvalue weighted by atomic mass is 10.1. The molecule has 1 aliphatic heterocycles. The van der Waals surface area contributed by atoms with Gasteiger partial charge in [0.1, 0.15) is 17.6 Å². The molecule has 5 rings (SSSR count). The lowest BCUT2D eigenvalue weighted by molar-refractivity contribution is -0.0366. The molecular formula is C22H23ClN6O3. The van der Waals surface area contributed by atoms with Crippen molar-refractivity contribution in [3.63, 3.8) is 0 Å². The minimum absolute atomic E-state index is 0.0892. The molecule has 2 unspecified atom stereocenters. The van der Waals surface area contributed by atoms with E-state index in [1.54, 1.807) is 28.6 Å². The maximum atomic E-state index is 12.3. The fourth-order valence-electron chi connectivity index (χ4n) is 4.08. The van der Waals surface area contributed by atoms with Crippen molar-refractivity contribution in [2.24, 2.45) is 0 Å². The van der Waals surface area contributed by atoms with Crippen LogP contribution in [0, 0.1) is 0 Å². The minimum atomic E-state index is -0.375. The van der Waals surface area contributed by atoms with Crippen molar-refractivity contribution >= 4 is 22.5 Å². The number of hydrogen-bond acceptors (Lipinski definition) is 6. The molecule has 1 saturated heterocycles. The van der Waals surface area contributed by atoms with Crippen LogP contribution in [0.25, 0.3) is 22.2 Å². The van der Waals surface area contributed by atoms with Crippen LogP contribution in [0.5, 0.6) is 5.75 Å². The lowest BCUT2D eigenvalue weighted by Crippen LogP contribution is -2.26. The van der Waals surface area contributed by atoms with Gasteiger partial charge in [0, 0.05) is 40.9 Å². The summed E-state index contributed by atoms with van der Waals surface area (Å²) in [7, 11) is 1.63. The first-order valence-electron chi connectivity index (χ1n) is 10.5. The highest BCUT2D eigenvalue weighted by molar-refractivity contribution is 6.30. The van der Waals surface area contributed by atoms with Gasteiger partial charge in [0.25, 0.3) is 5.56 Å². The summed E-state index contributed by atoms with van der Waals surface area (Å²) in [4.78, 5) is 12.3. The molecule has 32 heavy (non-hydrogen) atoms. The summed E-state index contributed by atoms with van der Waals surface area (Å²) in [6.07, 6.45) is 7.93. The van der Waals surface area contributed by atoms with Crippen molar-refractivity contribution in [2.75, 3.05) is 13.7 Å². The Hall–Kier alpha value is -3.17. The van der Waals surface area contributed by atoms with Crippen molar-refractivity contribution in [2.45, 2.75) is 38.6 Å². The quantitative estimate of drug-likeness (QED) is 0.454. The van der Waals surface area contributed by atoms with Gasteiger partial charge in [0.05, 0.1) is 25.0 Å². The van der Waals surface area contributed by atoms with E-state index in [0.29, 0.717) is 16.5 Å². The van der Waals surface area contributed by atoms with E-state index >= 15 is 0 Å². The molecule has 4 aromatic rings. The summed E-state index contributed by atoms with van der Waals surface area (Å²) in [5, 5.41) is 14.6. The van der Waals surface area contributed by atoms with Gasteiger partial charge in [0.2, 0.25) is 0 Å². The number of benzene rings is 1. The topological polar surface area (TPSA) is 89.0 Å². The molecule has 0 N–H and O–H groups in total. The molecule has 10 heteroatoms. The Labute approximate surface area is 189 Å². The molecule has 0 radical (unpaired) electrons. The van der Waals surface area contributed by atoms with Gasteiger partial charge in [0.15, 0.2) is 6.23 Å². The number of rotatable bonds is 5. The molecule has 0 saturated carbocycles. The number of aromatic nitrogens is 6. The number of nitrogens with zero attached hydrogens (tertiary/aromatic N) is 6. The first-order valence-corrected chi connectivity index (χ1v) is 10.9. The Morgan fingerprint density at radius 1 is 1.28 bits per heavy atom. The van der Waals surface area contributed by atoms with Gasteiger partial charge < -0.3 is 9.47 Å². The molecule has 2 atom stereocenters. The van der Waals surface area contributed by atoms with Gasteiger partial charge in [-0.15, -0.1) is 5.10 Å². The smallest absolute Gasteiger partial charge is 0.253 e. The lowest BCUT2D eigenvalue weighted by Gasteiger charge is -2.23.